The highest BCUT2D eigenvalue weighted by molar-refractivity contribution is 6.00. The zero-order chi connectivity index (χ0) is 32.0. The highest BCUT2D eigenvalue weighted by atomic mass is 35.5. The van der Waals surface area contributed by atoms with Crippen LogP contribution in [0, 0.1) is 0 Å². The standard InChI is InChI=1S/C36H50N4O5.ClH/c1-4-6-22-40-33(42)30(25-35(44)18-8-7-9-19-35)38-34(43)36(40)20-23-39(24-21-36)31(5-2)26-10-14-28(15-11-26)45-29-16-12-27(13-17-29)32(41)37-3;/h10-17,30-31,44H,4-9,18-25H2,1-3H3,(H,37,41)(H,38,43);1H/t30-,31?;/m1./s1. The Morgan fingerprint density at radius 2 is 1.59 bits per heavy atom. The number of nitrogens with zero attached hydrogens (tertiary/aromatic N) is 2. The van der Waals surface area contributed by atoms with Crippen LogP contribution in [0.5, 0.6) is 11.5 Å². The van der Waals surface area contributed by atoms with E-state index in [0.717, 1.165) is 44.3 Å². The number of hydrogen-bond donors (Lipinski definition) is 3. The molecular weight excluding hydrogens is 604 g/mol. The molecule has 0 bridgehead atoms. The van der Waals surface area contributed by atoms with Crippen LogP contribution in [-0.4, -0.2) is 76.5 Å². The number of aliphatic hydroxyl groups is 1. The summed E-state index contributed by atoms with van der Waals surface area (Å²) in [6.07, 6.45) is 8.64. The Morgan fingerprint density at radius 1 is 0.978 bits per heavy atom. The van der Waals surface area contributed by atoms with Crippen molar-refractivity contribution in [3.05, 3.63) is 59.7 Å². The van der Waals surface area contributed by atoms with Gasteiger partial charge < -0.3 is 25.4 Å². The second kappa shape index (κ2) is 15.6. The van der Waals surface area contributed by atoms with Gasteiger partial charge in [0.25, 0.3) is 5.91 Å². The summed E-state index contributed by atoms with van der Waals surface area (Å²) in [5.74, 6) is 1.16. The molecule has 2 saturated heterocycles. The van der Waals surface area contributed by atoms with Gasteiger partial charge in [-0.3, -0.25) is 19.3 Å². The molecule has 0 aromatic heterocycles. The molecule has 2 atom stereocenters. The van der Waals surface area contributed by atoms with E-state index in [1.807, 2.05) is 17.0 Å². The molecule has 2 aromatic rings. The SMILES string of the molecule is CCCCN1C(=O)[C@@H](CC2(O)CCCCC2)NC(=O)C12CCN(C(CC)c1ccc(Oc3ccc(C(=O)NC)cc3)cc1)CC2.Cl. The van der Waals surface area contributed by atoms with Gasteiger partial charge in [0.05, 0.1) is 5.60 Å². The number of unbranched alkanes of at least 4 members (excludes halogenated alkanes) is 1. The Balaban J connectivity index is 0.00000480. The van der Waals surface area contributed by atoms with Crippen molar-refractivity contribution in [3.8, 4) is 11.5 Å². The number of piperidine rings is 1. The summed E-state index contributed by atoms with van der Waals surface area (Å²) in [7, 11) is 1.61. The molecule has 1 spiro atoms. The van der Waals surface area contributed by atoms with Gasteiger partial charge in [-0.05, 0) is 80.5 Å². The van der Waals surface area contributed by atoms with Crippen molar-refractivity contribution in [2.45, 2.75) is 108 Å². The van der Waals surface area contributed by atoms with E-state index in [9.17, 15) is 19.5 Å². The molecule has 3 aliphatic rings. The van der Waals surface area contributed by atoms with Crippen molar-refractivity contribution in [2.75, 3.05) is 26.7 Å². The fourth-order valence-corrected chi connectivity index (χ4v) is 7.57. The Hall–Kier alpha value is -3.14. The van der Waals surface area contributed by atoms with Crippen molar-refractivity contribution >= 4 is 30.1 Å². The molecule has 252 valence electrons. The summed E-state index contributed by atoms with van der Waals surface area (Å²) in [5, 5.41) is 16.9. The monoisotopic (exact) mass is 654 g/mol. The molecule has 1 unspecified atom stereocenters. The van der Waals surface area contributed by atoms with Gasteiger partial charge in [-0.25, -0.2) is 0 Å². The highest BCUT2D eigenvalue weighted by Gasteiger charge is 2.54. The molecular formula is C36H51ClN4O5. The summed E-state index contributed by atoms with van der Waals surface area (Å²) >= 11 is 0. The van der Waals surface area contributed by atoms with Crippen LogP contribution in [-0.2, 0) is 9.59 Å². The van der Waals surface area contributed by atoms with Crippen molar-refractivity contribution in [1.29, 1.82) is 0 Å². The number of ether oxygens (including phenoxy) is 1. The molecule has 2 aromatic carbocycles. The van der Waals surface area contributed by atoms with Crippen LogP contribution < -0.4 is 15.4 Å². The first-order valence-electron chi connectivity index (χ1n) is 16.9. The Morgan fingerprint density at radius 3 is 2.15 bits per heavy atom. The number of carbonyl (C=O) groups is 3. The molecule has 2 heterocycles. The number of carbonyl (C=O) groups excluding carboxylic acids is 3. The zero-order valence-electron chi connectivity index (χ0n) is 27.6. The summed E-state index contributed by atoms with van der Waals surface area (Å²) in [4.78, 5) is 43.9. The smallest absolute Gasteiger partial charge is 0.251 e. The summed E-state index contributed by atoms with van der Waals surface area (Å²) in [6.45, 7) is 6.29. The lowest BCUT2D eigenvalue weighted by molar-refractivity contribution is -0.164. The van der Waals surface area contributed by atoms with Crippen molar-refractivity contribution < 1.29 is 24.2 Å². The Kier molecular flexibility index (Phi) is 12.1. The second-order valence-corrected chi connectivity index (χ2v) is 13.1. The quantitative estimate of drug-likeness (QED) is 0.284. The van der Waals surface area contributed by atoms with Crippen LogP contribution >= 0.6 is 12.4 Å². The van der Waals surface area contributed by atoms with E-state index in [1.165, 1.54) is 5.56 Å². The zero-order valence-corrected chi connectivity index (χ0v) is 28.4. The minimum absolute atomic E-state index is 0. The minimum Gasteiger partial charge on any atom is -0.457 e. The first-order valence-corrected chi connectivity index (χ1v) is 16.9. The number of rotatable bonds is 11. The molecule has 3 fully saturated rings. The number of nitrogens with one attached hydrogen (secondary N) is 2. The van der Waals surface area contributed by atoms with Crippen LogP contribution in [0.2, 0.25) is 0 Å². The van der Waals surface area contributed by atoms with Gasteiger partial charge >= 0.3 is 0 Å². The molecule has 5 rings (SSSR count). The van der Waals surface area contributed by atoms with Crippen LogP contribution in [0.25, 0.3) is 0 Å². The fourth-order valence-electron chi connectivity index (χ4n) is 7.57. The summed E-state index contributed by atoms with van der Waals surface area (Å²) in [5.41, 5.74) is 0.0551. The van der Waals surface area contributed by atoms with Gasteiger partial charge in [0.1, 0.15) is 23.1 Å². The molecule has 0 radical (unpaired) electrons. The third kappa shape index (κ3) is 7.69. The van der Waals surface area contributed by atoms with Crippen LogP contribution in [0.3, 0.4) is 0 Å². The Bertz CT molecular complexity index is 1320. The topological polar surface area (TPSA) is 111 Å². The van der Waals surface area contributed by atoms with Gasteiger partial charge in [0, 0.05) is 44.7 Å². The van der Waals surface area contributed by atoms with Gasteiger partial charge in [-0.2, -0.15) is 0 Å². The van der Waals surface area contributed by atoms with Crippen LogP contribution in [0.15, 0.2) is 48.5 Å². The molecule has 3 amide bonds. The number of halogens is 1. The lowest BCUT2D eigenvalue weighted by Gasteiger charge is -2.53. The maximum atomic E-state index is 13.9. The average Bonchev–Trinajstić information content (AvgIpc) is 3.06. The summed E-state index contributed by atoms with van der Waals surface area (Å²) < 4.78 is 6.02. The maximum Gasteiger partial charge on any atom is 0.251 e. The van der Waals surface area contributed by atoms with Gasteiger partial charge in [-0.15, -0.1) is 12.4 Å². The van der Waals surface area contributed by atoms with Crippen molar-refractivity contribution in [1.82, 2.24) is 20.4 Å². The average molecular weight is 655 g/mol. The largest absolute Gasteiger partial charge is 0.457 e. The maximum absolute atomic E-state index is 13.9. The Labute approximate surface area is 279 Å². The molecule has 1 saturated carbocycles. The summed E-state index contributed by atoms with van der Waals surface area (Å²) in [6, 6.07) is 14.7. The van der Waals surface area contributed by atoms with E-state index >= 15 is 0 Å². The first-order chi connectivity index (χ1) is 21.7. The third-order valence-corrected chi connectivity index (χ3v) is 10.2. The molecule has 46 heavy (non-hydrogen) atoms. The number of piperazine rings is 1. The molecule has 2 aliphatic heterocycles. The van der Waals surface area contributed by atoms with E-state index in [1.54, 1.807) is 31.3 Å². The predicted octanol–water partition coefficient (Wildman–Crippen LogP) is 5.76. The van der Waals surface area contributed by atoms with Gasteiger partial charge in [0.15, 0.2) is 0 Å². The molecule has 1 aliphatic carbocycles. The van der Waals surface area contributed by atoms with Crippen LogP contribution in [0.1, 0.15) is 106 Å². The van der Waals surface area contributed by atoms with E-state index < -0.39 is 17.2 Å². The fraction of sp³-hybridized carbons (Fsp3) is 0.583. The number of benzene rings is 2. The van der Waals surface area contributed by atoms with Gasteiger partial charge in [0.2, 0.25) is 11.8 Å². The number of amides is 3. The van der Waals surface area contributed by atoms with Crippen molar-refractivity contribution in [3.63, 3.8) is 0 Å². The van der Waals surface area contributed by atoms with E-state index in [-0.39, 0.29) is 36.2 Å². The molecule has 3 N–H and O–H groups in total. The van der Waals surface area contributed by atoms with Crippen LogP contribution in [0.4, 0.5) is 0 Å². The first kappa shape index (κ1) is 35.7. The lowest BCUT2D eigenvalue weighted by atomic mass is 9.77. The van der Waals surface area contributed by atoms with E-state index in [0.29, 0.717) is 63.1 Å². The van der Waals surface area contributed by atoms with E-state index in [2.05, 4.69) is 41.5 Å². The second-order valence-electron chi connectivity index (χ2n) is 13.1. The van der Waals surface area contributed by atoms with Gasteiger partial charge in [-0.1, -0.05) is 51.7 Å². The lowest BCUT2D eigenvalue weighted by Crippen LogP contribution is -2.73. The minimum atomic E-state index is -0.873. The normalized spacial score (nSPS) is 21.7. The van der Waals surface area contributed by atoms with Crippen molar-refractivity contribution in [2.24, 2.45) is 0 Å². The molecule has 9 nitrogen and oxygen atoms in total. The number of likely N-dealkylation sites (tertiary alicyclic amines) is 1. The molecule has 10 heteroatoms. The highest BCUT2D eigenvalue weighted by Crippen LogP contribution is 2.39. The third-order valence-electron chi connectivity index (χ3n) is 10.2. The van der Waals surface area contributed by atoms with E-state index in [4.69, 9.17) is 4.74 Å². The predicted molar refractivity (Wildman–Crippen MR) is 181 cm³/mol. The number of hydrogen-bond acceptors (Lipinski definition) is 6.